The molecule has 0 radical (unpaired) electrons. The maximum Gasteiger partial charge on any atom is 0.241 e. The number of halogens is 1. The van der Waals surface area contributed by atoms with E-state index in [1.165, 1.54) is 6.07 Å². The fourth-order valence-corrected chi connectivity index (χ4v) is 3.28. The largest absolute Gasteiger partial charge is 0.399 e. The summed E-state index contributed by atoms with van der Waals surface area (Å²) >= 11 is 5.95. The quantitative estimate of drug-likeness (QED) is 0.853. The summed E-state index contributed by atoms with van der Waals surface area (Å²) in [6.45, 7) is 1.88. The van der Waals surface area contributed by atoms with Crippen LogP contribution in [-0.2, 0) is 16.6 Å². The first kappa shape index (κ1) is 14.8. The number of rotatable bonds is 4. The first-order valence-corrected chi connectivity index (χ1v) is 7.85. The number of anilines is 1. The molecule has 3 N–H and O–H groups in total. The van der Waals surface area contributed by atoms with E-state index < -0.39 is 10.0 Å². The van der Waals surface area contributed by atoms with Gasteiger partial charge in [0.2, 0.25) is 10.0 Å². The van der Waals surface area contributed by atoms with Gasteiger partial charge in [-0.1, -0.05) is 29.8 Å². The Balaban J connectivity index is 2.19. The first-order valence-electron chi connectivity index (χ1n) is 5.99. The van der Waals surface area contributed by atoms with Gasteiger partial charge in [0.1, 0.15) is 0 Å². The van der Waals surface area contributed by atoms with E-state index in [4.69, 9.17) is 17.3 Å². The van der Waals surface area contributed by atoms with Crippen LogP contribution in [0.2, 0.25) is 5.02 Å². The van der Waals surface area contributed by atoms with Gasteiger partial charge in [-0.3, -0.25) is 0 Å². The number of hydrogen-bond donors (Lipinski definition) is 2. The first-order chi connectivity index (χ1) is 9.40. The van der Waals surface area contributed by atoms with Crippen molar-refractivity contribution in [3.8, 4) is 0 Å². The van der Waals surface area contributed by atoms with Crippen molar-refractivity contribution < 1.29 is 8.42 Å². The number of hydrogen-bond acceptors (Lipinski definition) is 3. The van der Waals surface area contributed by atoms with Crippen LogP contribution in [0.3, 0.4) is 0 Å². The number of benzene rings is 2. The van der Waals surface area contributed by atoms with Crippen LogP contribution in [0.15, 0.2) is 47.4 Å². The van der Waals surface area contributed by atoms with Gasteiger partial charge in [0.15, 0.2) is 0 Å². The Kier molecular flexibility index (Phi) is 4.32. The topological polar surface area (TPSA) is 72.2 Å². The Morgan fingerprint density at radius 3 is 2.45 bits per heavy atom. The van der Waals surface area contributed by atoms with Crippen molar-refractivity contribution in [2.75, 3.05) is 5.73 Å². The summed E-state index contributed by atoms with van der Waals surface area (Å²) in [5.41, 5.74) is 7.60. The van der Waals surface area contributed by atoms with E-state index >= 15 is 0 Å². The minimum absolute atomic E-state index is 0.195. The third-order valence-electron chi connectivity index (χ3n) is 2.95. The van der Waals surface area contributed by atoms with Crippen molar-refractivity contribution in [1.29, 1.82) is 0 Å². The highest BCUT2D eigenvalue weighted by molar-refractivity contribution is 7.89. The molecule has 0 aromatic heterocycles. The molecule has 0 aliphatic rings. The molecule has 0 saturated carbocycles. The molecule has 0 atom stereocenters. The van der Waals surface area contributed by atoms with E-state index in [0.29, 0.717) is 16.3 Å². The van der Waals surface area contributed by atoms with Crippen LogP contribution in [0.25, 0.3) is 0 Å². The second-order valence-electron chi connectivity index (χ2n) is 4.43. The molecule has 0 fully saturated rings. The van der Waals surface area contributed by atoms with Gasteiger partial charge in [-0.2, -0.15) is 0 Å². The van der Waals surface area contributed by atoms with Crippen LogP contribution in [0, 0.1) is 6.92 Å². The monoisotopic (exact) mass is 310 g/mol. The molecule has 0 heterocycles. The fourth-order valence-electron chi connectivity index (χ4n) is 1.77. The van der Waals surface area contributed by atoms with E-state index in [-0.39, 0.29) is 11.4 Å². The average Bonchev–Trinajstić information content (AvgIpc) is 2.41. The van der Waals surface area contributed by atoms with E-state index in [1.54, 1.807) is 43.3 Å². The summed E-state index contributed by atoms with van der Waals surface area (Å²) in [4.78, 5) is 0.195. The Morgan fingerprint density at radius 2 is 1.80 bits per heavy atom. The third kappa shape index (κ3) is 3.30. The third-order valence-corrected chi connectivity index (χ3v) is 4.91. The van der Waals surface area contributed by atoms with Crippen LogP contribution < -0.4 is 10.5 Å². The van der Waals surface area contributed by atoms with Crippen molar-refractivity contribution in [3.05, 3.63) is 58.6 Å². The lowest BCUT2D eigenvalue weighted by Gasteiger charge is -2.10. The van der Waals surface area contributed by atoms with E-state index in [1.807, 2.05) is 0 Å². The van der Waals surface area contributed by atoms with Gasteiger partial charge < -0.3 is 5.73 Å². The molecule has 2 aromatic rings. The van der Waals surface area contributed by atoms with E-state index in [2.05, 4.69) is 4.72 Å². The summed E-state index contributed by atoms with van der Waals surface area (Å²) in [6, 6.07) is 11.8. The highest BCUT2D eigenvalue weighted by atomic mass is 35.5. The van der Waals surface area contributed by atoms with Gasteiger partial charge in [-0.05, 0) is 42.3 Å². The zero-order chi connectivity index (χ0) is 14.8. The minimum Gasteiger partial charge on any atom is -0.399 e. The van der Waals surface area contributed by atoms with Gasteiger partial charge in [-0.15, -0.1) is 0 Å². The molecule has 0 spiro atoms. The lowest BCUT2D eigenvalue weighted by Crippen LogP contribution is -2.24. The van der Waals surface area contributed by atoms with Crippen LogP contribution >= 0.6 is 11.6 Å². The lowest BCUT2D eigenvalue weighted by atomic mass is 10.2. The molecule has 2 rings (SSSR count). The molecule has 0 unspecified atom stereocenters. The second kappa shape index (κ2) is 5.83. The molecule has 2 aromatic carbocycles. The Morgan fingerprint density at radius 1 is 1.15 bits per heavy atom. The van der Waals surface area contributed by atoms with Crippen molar-refractivity contribution in [2.45, 2.75) is 18.4 Å². The number of nitrogens with two attached hydrogens (primary N) is 1. The molecule has 0 aliphatic heterocycles. The Hall–Kier alpha value is -1.56. The molecular weight excluding hydrogens is 296 g/mol. The maximum atomic E-state index is 12.3. The summed E-state index contributed by atoms with van der Waals surface area (Å²) in [5, 5.41) is 0.431. The van der Waals surface area contributed by atoms with Crippen molar-refractivity contribution >= 4 is 27.3 Å². The Bertz CT molecular complexity index is 712. The molecule has 0 amide bonds. The maximum absolute atomic E-state index is 12.3. The van der Waals surface area contributed by atoms with Gasteiger partial charge in [0.05, 0.1) is 4.90 Å². The average molecular weight is 311 g/mol. The molecular formula is C14H15ClN2O2S. The van der Waals surface area contributed by atoms with Gasteiger partial charge in [-0.25, -0.2) is 13.1 Å². The lowest BCUT2D eigenvalue weighted by molar-refractivity contribution is 0.580. The van der Waals surface area contributed by atoms with Crippen LogP contribution in [0.5, 0.6) is 0 Å². The predicted octanol–water partition coefficient (Wildman–Crippen LogP) is 2.71. The fraction of sp³-hybridized carbons (Fsp3) is 0.143. The molecule has 106 valence electrons. The number of nitrogen functional groups attached to an aromatic ring is 1. The van der Waals surface area contributed by atoms with Crippen molar-refractivity contribution in [2.24, 2.45) is 0 Å². The second-order valence-corrected chi connectivity index (χ2v) is 6.57. The normalized spacial score (nSPS) is 11.5. The van der Waals surface area contributed by atoms with E-state index in [0.717, 1.165) is 5.56 Å². The minimum atomic E-state index is -3.59. The summed E-state index contributed by atoms with van der Waals surface area (Å²) < 4.78 is 27.1. The molecule has 0 saturated heterocycles. The predicted molar refractivity (Wildman–Crippen MR) is 81.1 cm³/mol. The molecule has 0 bridgehead atoms. The van der Waals surface area contributed by atoms with Gasteiger partial charge in [0.25, 0.3) is 0 Å². The van der Waals surface area contributed by atoms with Crippen molar-refractivity contribution in [3.63, 3.8) is 0 Å². The summed E-state index contributed by atoms with van der Waals surface area (Å²) in [5.74, 6) is 0. The summed E-state index contributed by atoms with van der Waals surface area (Å²) in [6.07, 6.45) is 0. The standard InChI is InChI=1S/C14H15ClN2O2S/c1-10-13(15)3-2-4-14(10)20(18,19)17-9-11-5-7-12(16)8-6-11/h2-8,17H,9,16H2,1H3. The molecule has 4 nitrogen and oxygen atoms in total. The van der Waals surface area contributed by atoms with E-state index in [9.17, 15) is 8.42 Å². The molecule has 6 heteroatoms. The zero-order valence-electron chi connectivity index (χ0n) is 10.9. The number of nitrogens with one attached hydrogen (secondary N) is 1. The number of sulfonamides is 1. The van der Waals surface area contributed by atoms with Crippen LogP contribution in [0.1, 0.15) is 11.1 Å². The summed E-state index contributed by atoms with van der Waals surface area (Å²) in [7, 11) is -3.59. The van der Waals surface area contributed by atoms with Crippen LogP contribution in [-0.4, -0.2) is 8.42 Å². The van der Waals surface area contributed by atoms with Gasteiger partial charge >= 0.3 is 0 Å². The molecule has 0 aliphatic carbocycles. The Labute approximate surface area is 123 Å². The van der Waals surface area contributed by atoms with Gasteiger partial charge in [0, 0.05) is 17.3 Å². The smallest absolute Gasteiger partial charge is 0.241 e. The SMILES string of the molecule is Cc1c(Cl)cccc1S(=O)(=O)NCc1ccc(N)cc1. The highest BCUT2D eigenvalue weighted by Crippen LogP contribution is 2.22. The highest BCUT2D eigenvalue weighted by Gasteiger charge is 2.17. The van der Waals surface area contributed by atoms with Crippen molar-refractivity contribution in [1.82, 2.24) is 4.72 Å². The van der Waals surface area contributed by atoms with Crippen LogP contribution in [0.4, 0.5) is 5.69 Å². The zero-order valence-corrected chi connectivity index (χ0v) is 12.5. The molecule has 20 heavy (non-hydrogen) atoms.